The van der Waals surface area contributed by atoms with Crippen LogP contribution < -0.4 is 4.74 Å². The van der Waals surface area contributed by atoms with Crippen LogP contribution in [0.2, 0.25) is 0 Å². The molecule has 1 N–H and O–H groups in total. The first kappa shape index (κ1) is 16.7. The number of ether oxygens (including phenoxy) is 1. The minimum absolute atomic E-state index is 0.0828. The van der Waals surface area contributed by atoms with E-state index in [1.165, 1.54) is 7.11 Å². The SMILES string of the molecule is COc1cccc(C(=O)N2CCC3(CC2)CC(O)CN(C)C3=O)n1. The molecule has 0 bridgehead atoms. The number of hydrogen-bond donors (Lipinski definition) is 1. The molecule has 0 aromatic carbocycles. The number of nitrogens with zero attached hydrogens (tertiary/aromatic N) is 3. The minimum atomic E-state index is -0.537. The highest BCUT2D eigenvalue weighted by Crippen LogP contribution is 2.40. The molecule has 0 saturated carbocycles. The average molecular weight is 333 g/mol. The van der Waals surface area contributed by atoms with Crippen molar-refractivity contribution in [1.82, 2.24) is 14.8 Å². The standard InChI is InChI=1S/C17H23N3O4/c1-19-11-12(21)10-17(16(19)23)6-8-20(9-7-17)15(22)13-4-3-5-14(18-13)24-2/h3-5,12,21H,6-11H2,1-2H3. The lowest BCUT2D eigenvalue weighted by Gasteiger charge is -2.46. The summed E-state index contributed by atoms with van der Waals surface area (Å²) in [5.74, 6) is 0.335. The van der Waals surface area contributed by atoms with Crippen molar-refractivity contribution in [3.63, 3.8) is 0 Å². The Kier molecular flexibility index (Phi) is 4.45. The van der Waals surface area contributed by atoms with E-state index in [0.717, 1.165) is 0 Å². The minimum Gasteiger partial charge on any atom is -0.481 e. The predicted octanol–water partition coefficient (Wildman–Crippen LogP) is 0.536. The largest absolute Gasteiger partial charge is 0.481 e. The van der Waals surface area contributed by atoms with Crippen molar-refractivity contribution < 1.29 is 19.4 Å². The first-order valence-electron chi connectivity index (χ1n) is 8.19. The zero-order valence-corrected chi connectivity index (χ0v) is 14.1. The summed E-state index contributed by atoms with van der Waals surface area (Å²) < 4.78 is 5.06. The van der Waals surface area contributed by atoms with E-state index in [9.17, 15) is 14.7 Å². The molecule has 0 aliphatic carbocycles. The number of amides is 2. The molecule has 2 aliphatic rings. The Labute approximate surface area is 141 Å². The molecule has 3 rings (SSSR count). The van der Waals surface area contributed by atoms with Crippen LogP contribution in [0.1, 0.15) is 29.8 Å². The molecule has 1 spiro atoms. The highest BCUT2D eigenvalue weighted by atomic mass is 16.5. The highest BCUT2D eigenvalue weighted by Gasteiger charge is 2.48. The average Bonchev–Trinajstić information content (AvgIpc) is 2.60. The van der Waals surface area contributed by atoms with Gasteiger partial charge in [0.2, 0.25) is 11.8 Å². The summed E-state index contributed by atoms with van der Waals surface area (Å²) in [7, 11) is 3.24. The van der Waals surface area contributed by atoms with Gasteiger partial charge in [0.15, 0.2) is 0 Å². The molecule has 130 valence electrons. The highest BCUT2D eigenvalue weighted by molar-refractivity contribution is 5.93. The molecule has 2 amide bonds. The normalized spacial score (nSPS) is 23.5. The van der Waals surface area contributed by atoms with Crippen LogP contribution >= 0.6 is 0 Å². The van der Waals surface area contributed by atoms with Crippen LogP contribution in [0.5, 0.6) is 5.88 Å². The van der Waals surface area contributed by atoms with Gasteiger partial charge in [-0.15, -0.1) is 0 Å². The van der Waals surface area contributed by atoms with Crippen LogP contribution in [-0.4, -0.2) is 71.6 Å². The number of hydrogen-bond acceptors (Lipinski definition) is 5. The van der Waals surface area contributed by atoms with Crippen LogP contribution in [-0.2, 0) is 4.79 Å². The summed E-state index contributed by atoms with van der Waals surface area (Å²) in [4.78, 5) is 32.7. The fourth-order valence-electron chi connectivity index (χ4n) is 3.77. The van der Waals surface area contributed by atoms with Gasteiger partial charge in [-0.3, -0.25) is 9.59 Å². The first-order chi connectivity index (χ1) is 11.4. The third-order valence-corrected chi connectivity index (χ3v) is 5.07. The molecule has 7 nitrogen and oxygen atoms in total. The van der Waals surface area contributed by atoms with Gasteiger partial charge >= 0.3 is 0 Å². The molecule has 2 fully saturated rings. The first-order valence-corrected chi connectivity index (χ1v) is 8.19. The maximum Gasteiger partial charge on any atom is 0.272 e. The number of rotatable bonds is 2. The Morgan fingerprint density at radius 1 is 1.38 bits per heavy atom. The maximum absolute atomic E-state index is 12.6. The number of likely N-dealkylation sites (N-methyl/N-ethyl adjacent to an activating group) is 1. The Morgan fingerprint density at radius 2 is 2.08 bits per heavy atom. The smallest absolute Gasteiger partial charge is 0.272 e. The second-order valence-corrected chi connectivity index (χ2v) is 6.68. The summed E-state index contributed by atoms with van der Waals surface area (Å²) in [6.07, 6.45) is 1.14. The van der Waals surface area contributed by atoms with Crippen LogP contribution in [0.3, 0.4) is 0 Å². The molecule has 2 saturated heterocycles. The summed E-state index contributed by atoms with van der Waals surface area (Å²) >= 11 is 0. The van der Waals surface area contributed by atoms with E-state index in [1.54, 1.807) is 35.0 Å². The number of aliphatic hydroxyl groups is 1. The Morgan fingerprint density at radius 3 is 2.75 bits per heavy atom. The second-order valence-electron chi connectivity index (χ2n) is 6.68. The predicted molar refractivity (Wildman–Crippen MR) is 86.6 cm³/mol. The van der Waals surface area contributed by atoms with Gasteiger partial charge in [-0.05, 0) is 25.3 Å². The third kappa shape index (κ3) is 2.96. The van der Waals surface area contributed by atoms with Crippen molar-refractivity contribution in [2.45, 2.75) is 25.4 Å². The van der Waals surface area contributed by atoms with Gasteiger partial charge in [-0.25, -0.2) is 4.98 Å². The summed E-state index contributed by atoms with van der Waals surface area (Å²) in [5, 5.41) is 10.0. The fourth-order valence-corrected chi connectivity index (χ4v) is 3.77. The number of aromatic nitrogens is 1. The van der Waals surface area contributed by atoms with E-state index in [4.69, 9.17) is 4.74 Å². The molecule has 1 aromatic rings. The van der Waals surface area contributed by atoms with E-state index < -0.39 is 11.5 Å². The van der Waals surface area contributed by atoms with E-state index >= 15 is 0 Å². The quantitative estimate of drug-likeness (QED) is 0.854. The number of pyridine rings is 1. The van der Waals surface area contributed by atoms with Gasteiger partial charge in [0.05, 0.1) is 18.6 Å². The van der Waals surface area contributed by atoms with Gasteiger partial charge in [0.1, 0.15) is 5.69 Å². The van der Waals surface area contributed by atoms with Crippen molar-refractivity contribution in [1.29, 1.82) is 0 Å². The van der Waals surface area contributed by atoms with E-state index in [1.807, 2.05) is 0 Å². The number of carbonyl (C=O) groups is 2. The van der Waals surface area contributed by atoms with E-state index in [-0.39, 0.29) is 11.8 Å². The van der Waals surface area contributed by atoms with Crippen molar-refractivity contribution in [2.75, 3.05) is 33.8 Å². The zero-order valence-electron chi connectivity index (χ0n) is 14.1. The van der Waals surface area contributed by atoms with Gasteiger partial charge < -0.3 is 19.6 Å². The molecular weight excluding hydrogens is 310 g/mol. The number of carbonyl (C=O) groups excluding carboxylic acids is 2. The molecular formula is C17H23N3O4. The van der Waals surface area contributed by atoms with Crippen LogP contribution in [0.15, 0.2) is 18.2 Å². The molecule has 24 heavy (non-hydrogen) atoms. The molecule has 1 aromatic heterocycles. The van der Waals surface area contributed by atoms with E-state index in [0.29, 0.717) is 50.5 Å². The fraction of sp³-hybridized carbons (Fsp3) is 0.588. The molecule has 0 radical (unpaired) electrons. The number of aliphatic hydroxyl groups excluding tert-OH is 1. The molecule has 7 heteroatoms. The zero-order chi connectivity index (χ0) is 17.3. The lowest BCUT2D eigenvalue weighted by Crippen LogP contribution is -2.56. The summed E-state index contributed by atoms with van der Waals surface area (Å²) in [6, 6.07) is 5.10. The molecule has 2 aliphatic heterocycles. The summed E-state index contributed by atoms with van der Waals surface area (Å²) in [5.41, 5.74) is -0.192. The van der Waals surface area contributed by atoms with Crippen molar-refractivity contribution in [3.8, 4) is 5.88 Å². The molecule has 1 unspecified atom stereocenters. The van der Waals surface area contributed by atoms with Crippen LogP contribution in [0.25, 0.3) is 0 Å². The summed E-state index contributed by atoms with van der Waals surface area (Å²) in [6.45, 7) is 1.37. The lowest BCUT2D eigenvalue weighted by molar-refractivity contribution is -0.154. The van der Waals surface area contributed by atoms with Crippen molar-refractivity contribution >= 4 is 11.8 Å². The third-order valence-electron chi connectivity index (χ3n) is 5.07. The monoisotopic (exact) mass is 333 g/mol. The number of likely N-dealkylation sites (tertiary alicyclic amines) is 2. The Bertz CT molecular complexity index is 640. The second kappa shape index (κ2) is 6.39. The Hall–Kier alpha value is -2.15. The van der Waals surface area contributed by atoms with Crippen molar-refractivity contribution in [3.05, 3.63) is 23.9 Å². The van der Waals surface area contributed by atoms with Crippen LogP contribution in [0.4, 0.5) is 0 Å². The van der Waals surface area contributed by atoms with Crippen LogP contribution in [0, 0.1) is 5.41 Å². The topological polar surface area (TPSA) is 83.0 Å². The Balaban J connectivity index is 1.70. The number of β-amino-alcohol motifs (C(OH)–C–C–N with tert-alkyl or cyclic N) is 1. The van der Waals surface area contributed by atoms with Gasteiger partial charge in [-0.1, -0.05) is 6.07 Å². The molecule has 3 heterocycles. The van der Waals surface area contributed by atoms with Gasteiger partial charge in [0.25, 0.3) is 5.91 Å². The lowest BCUT2D eigenvalue weighted by atomic mass is 9.71. The molecule has 1 atom stereocenters. The van der Waals surface area contributed by atoms with Gasteiger partial charge in [0, 0.05) is 32.7 Å². The van der Waals surface area contributed by atoms with Gasteiger partial charge in [-0.2, -0.15) is 0 Å². The number of piperidine rings is 2. The number of methoxy groups -OCH3 is 1. The maximum atomic E-state index is 12.6. The van der Waals surface area contributed by atoms with E-state index in [2.05, 4.69) is 4.98 Å². The van der Waals surface area contributed by atoms with Crippen molar-refractivity contribution in [2.24, 2.45) is 5.41 Å².